The molecule has 0 fully saturated rings. The summed E-state index contributed by atoms with van der Waals surface area (Å²) in [6.07, 6.45) is 0.877. The average molecular weight is 347 g/mol. The summed E-state index contributed by atoms with van der Waals surface area (Å²) in [6, 6.07) is 5.42. The molecule has 0 saturated heterocycles. The highest BCUT2D eigenvalue weighted by molar-refractivity contribution is 6.30. The molecule has 1 aromatic carbocycles. The Bertz CT molecular complexity index is 537. The molecule has 2 atom stereocenters. The maximum atomic E-state index is 12.4. The van der Waals surface area contributed by atoms with Crippen molar-refractivity contribution in [3.05, 3.63) is 28.8 Å². The van der Waals surface area contributed by atoms with E-state index in [0.717, 1.165) is 17.7 Å². The first kappa shape index (κ1) is 19.1. The third-order valence-electron chi connectivity index (χ3n) is 3.72. The van der Waals surface area contributed by atoms with Crippen molar-refractivity contribution in [2.24, 2.45) is 11.7 Å². The second-order valence-corrected chi connectivity index (χ2v) is 6.85. The van der Waals surface area contributed by atoms with Gasteiger partial charge in [0.2, 0.25) is 0 Å². The molecular weight excluding hydrogens is 323 g/mol. The van der Waals surface area contributed by atoms with Crippen molar-refractivity contribution in [1.29, 1.82) is 0 Å². The van der Waals surface area contributed by atoms with Gasteiger partial charge in [-0.15, -0.1) is 12.4 Å². The predicted octanol–water partition coefficient (Wildman–Crippen LogP) is 2.95. The van der Waals surface area contributed by atoms with Crippen LogP contribution in [0.25, 0.3) is 0 Å². The Kier molecular flexibility index (Phi) is 6.53. The zero-order valence-electron chi connectivity index (χ0n) is 13.2. The first-order chi connectivity index (χ1) is 9.83. The highest BCUT2D eigenvalue weighted by Gasteiger charge is 2.34. The molecule has 0 spiro atoms. The lowest BCUT2D eigenvalue weighted by Gasteiger charge is -2.32. The summed E-state index contributed by atoms with van der Waals surface area (Å²) in [5.74, 6) is 1.08. The van der Waals surface area contributed by atoms with Crippen LogP contribution in [0.5, 0.6) is 5.75 Å². The molecule has 22 heavy (non-hydrogen) atoms. The van der Waals surface area contributed by atoms with Crippen molar-refractivity contribution in [3.8, 4) is 5.75 Å². The maximum absolute atomic E-state index is 12.4. The summed E-state index contributed by atoms with van der Waals surface area (Å²) in [5, 5.41) is 3.70. The zero-order valence-corrected chi connectivity index (χ0v) is 14.8. The van der Waals surface area contributed by atoms with Gasteiger partial charge in [0.05, 0.1) is 0 Å². The minimum Gasteiger partial charge on any atom is -0.480 e. The van der Waals surface area contributed by atoms with Gasteiger partial charge in [-0.3, -0.25) is 4.79 Å². The molecule has 0 saturated carbocycles. The van der Waals surface area contributed by atoms with E-state index in [9.17, 15) is 4.79 Å². The number of rotatable bonds is 5. The Morgan fingerprint density at radius 3 is 2.82 bits per heavy atom. The molecule has 1 aliphatic heterocycles. The lowest BCUT2D eigenvalue weighted by molar-refractivity contribution is -0.129. The van der Waals surface area contributed by atoms with Gasteiger partial charge >= 0.3 is 0 Å². The molecule has 6 heteroatoms. The van der Waals surface area contributed by atoms with Crippen LogP contribution in [-0.2, 0) is 11.2 Å². The SMILES string of the molecule is CC(C)CC(C)(CN)NC(=O)C1Cc2cc(Cl)ccc2O1.Cl. The molecule has 124 valence electrons. The van der Waals surface area contributed by atoms with Gasteiger partial charge in [-0.05, 0) is 43.0 Å². The van der Waals surface area contributed by atoms with Crippen LogP contribution in [0.4, 0.5) is 0 Å². The Morgan fingerprint density at radius 1 is 1.55 bits per heavy atom. The van der Waals surface area contributed by atoms with Crippen molar-refractivity contribution in [2.45, 2.75) is 45.3 Å². The van der Waals surface area contributed by atoms with Crippen LogP contribution in [0.15, 0.2) is 18.2 Å². The van der Waals surface area contributed by atoms with Crippen LogP contribution >= 0.6 is 24.0 Å². The number of hydrogen-bond acceptors (Lipinski definition) is 3. The Morgan fingerprint density at radius 2 is 2.23 bits per heavy atom. The molecule has 0 aromatic heterocycles. The normalized spacial score (nSPS) is 18.9. The van der Waals surface area contributed by atoms with Crippen LogP contribution in [0, 0.1) is 5.92 Å². The fourth-order valence-corrected chi connectivity index (χ4v) is 3.02. The number of amides is 1. The van der Waals surface area contributed by atoms with E-state index in [-0.39, 0.29) is 18.3 Å². The molecule has 1 aromatic rings. The summed E-state index contributed by atoms with van der Waals surface area (Å²) in [5.41, 5.74) is 6.40. The molecule has 4 nitrogen and oxygen atoms in total. The molecule has 1 amide bonds. The molecule has 3 N–H and O–H groups in total. The van der Waals surface area contributed by atoms with E-state index in [2.05, 4.69) is 19.2 Å². The van der Waals surface area contributed by atoms with Gasteiger partial charge in [0.15, 0.2) is 6.10 Å². The average Bonchev–Trinajstić information content (AvgIpc) is 2.80. The third kappa shape index (κ3) is 4.51. The summed E-state index contributed by atoms with van der Waals surface area (Å²) in [4.78, 5) is 12.4. The van der Waals surface area contributed by atoms with Crippen LogP contribution in [0.3, 0.4) is 0 Å². The monoisotopic (exact) mass is 346 g/mol. The largest absolute Gasteiger partial charge is 0.480 e. The Hall–Kier alpha value is -0.970. The maximum Gasteiger partial charge on any atom is 0.261 e. The topological polar surface area (TPSA) is 64.3 Å². The molecule has 0 bridgehead atoms. The van der Waals surface area contributed by atoms with Crippen LogP contribution < -0.4 is 15.8 Å². The fourth-order valence-electron chi connectivity index (χ4n) is 2.83. The van der Waals surface area contributed by atoms with Crippen molar-refractivity contribution in [3.63, 3.8) is 0 Å². The lowest BCUT2D eigenvalue weighted by Crippen LogP contribution is -2.55. The standard InChI is InChI=1S/C16H23ClN2O2.ClH/c1-10(2)8-16(3,9-18)19-15(20)14-7-11-6-12(17)4-5-13(11)21-14;/h4-6,10,14H,7-9,18H2,1-3H3,(H,19,20);1H. The molecular formula is C16H24Cl2N2O2. The Labute approximate surface area is 143 Å². The highest BCUT2D eigenvalue weighted by atomic mass is 35.5. The predicted molar refractivity (Wildman–Crippen MR) is 91.9 cm³/mol. The van der Waals surface area contributed by atoms with Gasteiger partial charge in [-0.1, -0.05) is 25.4 Å². The number of nitrogens with one attached hydrogen (secondary N) is 1. The first-order valence-electron chi connectivity index (χ1n) is 7.30. The third-order valence-corrected chi connectivity index (χ3v) is 3.96. The number of halogens is 2. The van der Waals surface area contributed by atoms with Gasteiger partial charge in [0, 0.05) is 23.5 Å². The summed E-state index contributed by atoms with van der Waals surface area (Å²) in [7, 11) is 0. The first-order valence-corrected chi connectivity index (χ1v) is 7.68. The van der Waals surface area contributed by atoms with Crippen molar-refractivity contribution < 1.29 is 9.53 Å². The number of hydrogen-bond donors (Lipinski definition) is 2. The fraction of sp³-hybridized carbons (Fsp3) is 0.562. The summed E-state index contributed by atoms with van der Waals surface area (Å²) in [6.45, 7) is 6.61. The second-order valence-electron chi connectivity index (χ2n) is 6.41. The number of benzene rings is 1. The van der Waals surface area contributed by atoms with E-state index in [1.807, 2.05) is 13.0 Å². The lowest BCUT2D eigenvalue weighted by atomic mass is 9.90. The van der Waals surface area contributed by atoms with Gasteiger partial charge in [-0.25, -0.2) is 0 Å². The van der Waals surface area contributed by atoms with Gasteiger partial charge < -0.3 is 15.8 Å². The van der Waals surface area contributed by atoms with Crippen LogP contribution in [0.1, 0.15) is 32.8 Å². The quantitative estimate of drug-likeness (QED) is 0.861. The number of carbonyl (C=O) groups is 1. The van der Waals surface area contributed by atoms with E-state index in [1.165, 1.54) is 0 Å². The van der Waals surface area contributed by atoms with Gasteiger partial charge in [-0.2, -0.15) is 0 Å². The molecule has 0 aliphatic carbocycles. The smallest absolute Gasteiger partial charge is 0.261 e. The second kappa shape index (κ2) is 7.53. The van der Waals surface area contributed by atoms with Gasteiger partial charge in [0.25, 0.3) is 5.91 Å². The van der Waals surface area contributed by atoms with E-state index in [0.29, 0.717) is 23.9 Å². The van der Waals surface area contributed by atoms with E-state index >= 15 is 0 Å². The van der Waals surface area contributed by atoms with Crippen LogP contribution in [-0.4, -0.2) is 24.1 Å². The van der Waals surface area contributed by atoms with Crippen LogP contribution in [0.2, 0.25) is 5.02 Å². The minimum atomic E-state index is -0.503. The van der Waals surface area contributed by atoms with Crippen molar-refractivity contribution in [2.75, 3.05) is 6.54 Å². The molecule has 1 heterocycles. The zero-order chi connectivity index (χ0) is 15.6. The Balaban J connectivity index is 0.00000242. The molecule has 2 rings (SSSR count). The minimum absolute atomic E-state index is 0. The number of ether oxygens (including phenoxy) is 1. The summed E-state index contributed by atoms with van der Waals surface area (Å²) >= 11 is 5.96. The van der Waals surface area contributed by atoms with E-state index in [1.54, 1.807) is 12.1 Å². The number of fused-ring (bicyclic) bond motifs is 1. The van der Waals surface area contributed by atoms with E-state index < -0.39 is 11.6 Å². The van der Waals surface area contributed by atoms with E-state index in [4.69, 9.17) is 22.1 Å². The van der Waals surface area contributed by atoms with Gasteiger partial charge in [0.1, 0.15) is 5.75 Å². The molecule has 1 aliphatic rings. The molecule has 0 radical (unpaired) electrons. The molecule has 2 unspecified atom stereocenters. The summed E-state index contributed by atoms with van der Waals surface area (Å²) < 4.78 is 5.71. The highest BCUT2D eigenvalue weighted by Crippen LogP contribution is 2.31. The van der Waals surface area contributed by atoms with Crippen molar-refractivity contribution in [1.82, 2.24) is 5.32 Å². The number of nitrogens with two attached hydrogens (primary N) is 1. The number of carbonyl (C=O) groups excluding carboxylic acids is 1. The van der Waals surface area contributed by atoms with Crippen molar-refractivity contribution >= 4 is 29.9 Å².